The second kappa shape index (κ2) is 6.32. The average molecular weight is 214 g/mol. The van der Waals surface area contributed by atoms with Crippen LogP contribution in [0.2, 0.25) is 0 Å². The predicted octanol–water partition coefficient (Wildman–Crippen LogP) is 0.568. The van der Waals surface area contributed by atoms with Gasteiger partial charge >= 0.3 is 0 Å². The molecule has 0 aliphatic heterocycles. The Hall–Kier alpha value is 1.32. The summed E-state index contributed by atoms with van der Waals surface area (Å²) in [7, 11) is 4.11. The Kier molecular flexibility index (Phi) is 10.9. The molecule has 1 nitrogen and oxygen atoms in total. The Morgan fingerprint density at radius 3 is 1.50 bits per heavy atom. The second-order valence-corrected chi connectivity index (χ2v) is 1.40. The first kappa shape index (κ1) is 10.3. The van der Waals surface area contributed by atoms with Gasteiger partial charge in [0.25, 0.3) is 0 Å². The molecule has 0 bridgehead atoms. The van der Waals surface area contributed by atoms with Gasteiger partial charge in [0.15, 0.2) is 0 Å². The summed E-state index contributed by atoms with van der Waals surface area (Å²) in [4.78, 5) is 2.12. The van der Waals surface area contributed by atoms with E-state index in [1.54, 1.807) is 0 Å². The first-order chi connectivity index (χ1) is 2.27. The molecule has 0 saturated heterocycles. The zero-order valence-electron chi connectivity index (χ0n) is 4.73. The Labute approximate surface area is 73.0 Å². The maximum atomic E-state index is 2.12. The third-order valence-corrected chi connectivity index (χ3v) is 0.632. The fourth-order valence-electron chi connectivity index (χ4n) is 0. The van der Waals surface area contributed by atoms with E-state index in [0.29, 0.717) is 0 Å². The standard InChI is InChI=1S/C4H11N.Pr/c1-4-5(2)3;/h4H2,1-3H3;. The van der Waals surface area contributed by atoms with Crippen molar-refractivity contribution in [1.82, 2.24) is 4.90 Å². The molecule has 0 unspecified atom stereocenters. The molecule has 0 aromatic rings. The summed E-state index contributed by atoms with van der Waals surface area (Å²) in [6.45, 7) is 3.26. The van der Waals surface area contributed by atoms with E-state index in [0.717, 1.165) is 6.54 Å². The van der Waals surface area contributed by atoms with Crippen LogP contribution in [0.3, 0.4) is 0 Å². The van der Waals surface area contributed by atoms with E-state index in [1.165, 1.54) is 0 Å². The summed E-state index contributed by atoms with van der Waals surface area (Å²) in [6.07, 6.45) is 0. The molecule has 2 heteroatoms. The molecule has 0 aliphatic carbocycles. The molecule has 0 rings (SSSR count). The van der Waals surface area contributed by atoms with Gasteiger partial charge in [-0.1, -0.05) is 6.92 Å². The van der Waals surface area contributed by atoms with E-state index in [4.69, 9.17) is 0 Å². The average Bonchev–Trinajstić information content (AvgIpc) is 1.38. The Balaban J connectivity index is 0. The summed E-state index contributed by atoms with van der Waals surface area (Å²) in [5, 5.41) is 0. The van der Waals surface area contributed by atoms with Crippen molar-refractivity contribution in [2.75, 3.05) is 20.6 Å². The van der Waals surface area contributed by atoms with Crippen LogP contribution in [0, 0.1) is 41.3 Å². The zero-order chi connectivity index (χ0) is 4.28. The molecule has 1 radical (unpaired) electrons. The Morgan fingerprint density at radius 2 is 1.50 bits per heavy atom. The minimum Gasteiger partial charge on any atom is -0.310 e. The van der Waals surface area contributed by atoms with E-state index in [9.17, 15) is 0 Å². The minimum absolute atomic E-state index is 0. The van der Waals surface area contributed by atoms with E-state index < -0.39 is 0 Å². The van der Waals surface area contributed by atoms with Crippen molar-refractivity contribution in [3.63, 3.8) is 0 Å². The first-order valence-corrected chi connectivity index (χ1v) is 1.92. The van der Waals surface area contributed by atoms with Crippen molar-refractivity contribution in [2.45, 2.75) is 6.92 Å². The van der Waals surface area contributed by atoms with Gasteiger partial charge in [-0.3, -0.25) is 0 Å². The van der Waals surface area contributed by atoms with Crippen molar-refractivity contribution in [2.24, 2.45) is 0 Å². The van der Waals surface area contributed by atoms with Gasteiger partial charge < -0.3 is 4.90 Å². The summed E-state index contributed by atoms with van der Waals surface area (Å²) >= 11 is 0. The van der Waals surface area contributed by atoms with Crippen molar-refractivity contribution in [3.05, 3.63) is 0 Å². The van der Waals surface area contributed by atoms with E-state index >= 15 is 0 Å². The van der Waals surface area contributed by atoms with Crippen molar-refractivity contribution in [1.29, 1.82) is 0 Å². The van der Waals surface area contributed by atoms with Crippen LogP contribution in [0.1, 0.15) is 6.92 Å². The number of rotatable bonds is 1. The van der Waals surface area contributed by atoms with Crippen LogP contribution >= 0.6 is 0 Å². The smallest absolute Gasteiger partial charge is 0 e. The third-order valence-electron chi connectivity index (χ3n) is 0.632. The van der Waals surface area contributed by atoms with Gasteiger partial charge in [-0.2, -0.15) is 0 Å². The molecule has 0 N–H and O–H groups in total. The molecule has 0 heterocycles. The maximum absolute atomic E-state index is 2.12. The number of hydrogen-bond acceptors (Lipinski definition) is 1. The molecule has 0 aromatic carbocycles. The molecular weight excluding hydrogens is 203 g/mol. The van der Waals surface area contributed by atoms with Crippen LogP contribution in [-0.4, -0.2) is 25.5 Å². The van der Waals surface area contributed by atoms with Crippen LogP contribution in [-0.2, 0) is 0 Å². The monoisotopic (exact) mass is 214 g/mol. The Bertz CT molecular complexity index is 21.5. The molecular formula is C4H11NPr. The van der Waals surface area contributed by atoms with E-state index in [1.807, 2.05) is 0 Å². The molecule has 0 atom stereocenters. The van der Waals surface area contributed by atoms with Crippen LogP contribution in [0.5, 0.6) is 0 Å². The largest absolute Gasteiger partial charge is 0.310 e. The normalized spacial score (nSPS) is 8.00. The first-order valence-electron chi connectivity index (χ1n) is 1.92. The molecule has 0 fully saturated rings. The number of nitrogens with zero attached hydrogens (tertiary/aromatic N) is 1. The molecule has 0 aliphatic rings. The second-order valence-electron chi connectivity index (χ2n) is 1.40. The van der Waals surface area contributed by atoms with Crippen LogP contribution in [0.25, 0.3) is 0 Å². The van der Waals surface area contributed by atoms with Crippen LogP contribution in [0.15, 0.2) is 0 Å². The van der Waals surface area contributed by atoms with E-state index in [-0.39, 0.29) is 41.3 Å². The van der Waals surface area contributed by atoms with Crippen molar-refractivity contribution >= 4 is 0 Å². The summed E-state index contributed by atoms with van der Waals surface area (Å²) in [5.41, 5.74) is 0. The van der Waals surface area contributed by atoms with E-state index in [2.05, 4.69) is 25.9 Å². The Morgan fingerprint density at radius 1 is 1.33 bits per heavy atom. The van der Waals surface area contributed by atoms with Gasteiger partial charge in [0, 0.05) is 41.3 Å². The third kappa shape index (κ3) is 9.01. The summed E-state index contributed by atoms with van der Waals surface area (Å²) < 4.78 is 0. The van der Waals surface area contributed by atoms with Gasteiger partial charge in [0.2, 0.25) is 0 Å². The topological polar surface area (TPSA) is 3.24 Å². The van der Waals surface area contributed by atoms with Gasteiger partial charge in [-0.15, -0.1) is 0 Å². The molecule has 6 heavy (non-hydrogen) atoms. The molecule has 0 spiro atoms. The quantitative estimate of drug-likeness (QED) is 0.616. The van der Waals surface area contributed by atoms with Crippen LogP contribution in [0.4, 0.5) is 0 Å². The SMILES string of the molecule is CCN(C)C.[Pr]. The summed E-state index contributed by atoms with van der Waals surface area (Å²) in [5.74, 6) is 0. The van der Waals surface area contributed by atoms with Crippen molar-refractivity contribution in [3.8, 4) is 0 Å². The molecule has 0 aromatic heterocycles. The molecule has 0 amide bonds. The van der Waals surface area contributed by atoms with Gasteiger partial charge in [0.05, 0.1) is 0 Å². The van der Waals surface area contributed by atoms with Gasteiger partial charge in [0.1, 0.15) is 0 Å². The molecule has 35 valence electrons. The summed E-state index contributed by atoms with van der Waals surface area (Å²) in [6, 6.07) is 0. The fourth-order valence-corrected chi connectivity index (χ4v) is 0. The predicted molar refractivity (Wildman–Crippen MR) is 24.2 cm³/mol. The number of hydrogen-bond donors (Lipinski definition) is 0. The maximum Gasteiger partial charge on any atom is 0 e. The molecule has 0 saturated carbocycles. The minimum atomic E-state index is 0. The van der Waals surface area contributed by atoms with Crippen LogP contribution < -0.4 is 0 Å². The van der Waals surface area contributed by atoms with Crippen molar-refractivity contribution < 1.29 is 41.3 Å². The zero-order valence-corrected chi connectivity index (χ0v) is 8.44. The van der Waals surface area contributed by atoms with Gasteiger partial charge in [-0.25, -0.2) is 0 Å². The fraction of sp³-hybridized carbons (Fsp3) is 1.00. The van der Waals surface area contributed by atoms with Gasteiger partial charge in [-0.05, 0) is 20.6 Å².